The first-order valence-corrected chi connectivity index (χ1v) is 4.32. The van der Waals surface area contributed by atoms with Gasteiger partial charge in [-0.25, -0.2) is 4.98 Å². The molecule has 1 heterocycles. The van der Waals surface area contributed by atoms with E-state index in [1.54, 1.807) is 16.8 Å². The fourth-order valence-electron chi connectivity index (χ4n) is 0.686. The number of nitrogens with one attached hydrogen (secondary N) is 1. The number of hydrogen-bond donors (Lipinski definition) is 1. The molecule has 0 fully saturated rings. The van der Waals surface area contributed by atoms with Gasteiger partial charge in [-0.15, -0.1) is 11.3 Å². The topological polar surface area (TPSA) is 48.7 Å². The molecular formula is C7H9N3S. The van der Waals surface area contributed by atoms with Gasteiger partial charge in [-0.1, -0.05) is 0 Å². The van der Waals surface area contributed by atoms with Crippen LogP contribution in [0.2, 0.25) is 0 Å². The van der Waals surface area contributed by atoms with E-state index in [1.807, 2.05) is 5.38 Å². The molecule has 0 aliphatic rings. The second kappa shape index (κ2) is 4.83. The molecule has 0 unspecified atom stereocenters. The summed E-state index contributed by atoms with van der Waals surface area (Å²) in [5.74, 6) is 0. The van der Waals surface area contributed by atoms with E-state index in [-0.39, 0.29) is 0 Å². The van der Waals surface area contributed by atoms with Crippen molar-refractivity contribution in [3.63, 3.8) is 0 Å². The van der Waals surface area contributed by atoms with Crippen LogP contribution in [0.15, 0.2) is 10.9 Å². The lowest BCUT2D eigenvalue weighted by Gasteiger charge is -1.96. The van der Waals surface area contributed by atoms with Gasteiger partial charge in [-0.2, -0.15) is 5.26 Å². The van der Waals surface area contributed by atoms with Crippen LogP contribution in [0.3, 0.4) is 0 Å². The fourth-order valence-corrected chi connectivity index (χ4v) is 1.24. The monoisotopic (exact) mass is 167 g/mol. The Hall–Kier alpha value is -0.920. The summed E-state index contributed by atoms with van der Waals surface area (Å²) >= 11 is 1.59. The zero-order valence-corrected chi connectivity index (χ0v) is 6.90. The van der Waals surface area contributed by atoms with Crippen molar-refractivity contribution < 1.29 is 0 Å². The average molecular weight is 167 g/mol. The highest BCUT2D eigenvalue weighted by Crippen LogP contribution is 1.99. The third kappa shape index (κ3) is 3.12. The Morgan fingerprint density at radius 3 is 3.27 bits per heavy atom. The molecule has 0 atom stereocenters. The van der Waals surface area contributed by atoms with Crippen LogP contribution in [0.25, 0.3) is 0 Å². The van der Waals surface area contributed by atoms with Crippen molar-refractivity contribution in [1.29, 1.82) is 5.26 Å². The first kappa shape index (κ1) is 8.18. The molecule has 0 amide bonds. The molecule has 1 aromatic rings. The summed E-state index contributed by atoms with van der Waals surface area (Å²) in [6, 6.07) is 2.07. The highest BCUT2D eigenvalue weighted by molar-refractivity contribution is 7.07. The number of thiazole rings is 1. The van der Waals surface area contributed by atoms with E-state index in [2.05, 4.69) is 16.4 Å². The van der Waals surface area contributed by atoms with Gasteiger partial charge in [0.15, 0.2) is 0 Å². The van der Waals surface area contributed by atoms with Crippen molar-refractivity contribution >= 4 is 11.3 Å². The van der Waals surface area contributed by atoms with Crippen LogP contribution < -0.4 is 5.32 Å². The SMILES string of the molecule is N#CCCNCc1cscn1. The van der Waals surface area contributed by atoms with Gasteiger partial charge in [0.05, 0.1) is 17.3 Å². The van der Waals surface area contributed by atoms with Gasteiger partial charge in [0, 0.05) is 24.9 Å². The van der Waals surface area contributed by atoms with Crippen molar-refractivity contribution in [2.75, 3.05) is 6.54 Å². The molecular weight excluding hydrogens is 158 g/mol. The Bertz CT molecular complexity index is 224. The number of aromatic nitrogens is 1. The predicted molar refractivity (Wildman–Crippen MR) is 44.1 cm³/mol. The van der Waals surface area contributed by atoms with Crippen molar-refractivity contribution in [3.05, 3.63) is 16.6 Å². The summed E-state index contributed by atoms with van der Waals surface area (Å²) in [6.45, 7) is 1.51. The van der Waals surface area contributed by atoms with Gasteiger partial charge in [0.25, 0.3) is 0 Å². The van der Waals surface area contributed by atoms with E-state index in [9.17, 15) is 0 Å². The maximum absolute atomic E-state index is 8.22. The molecule has 0 aliphatic heterocycles. The van der Waals surface area contributed by atoms with Gasteiger partial charge in [-0.3, -0.25) is 0 Å². The second-order valence-electron chi connectivity index (χ2n) is 2.06. The maximum Gasteiger partial charge on any atom is 0.0795 e. The van der Waals surface area contributed by atoms with E-state index in [0.29, 0.717) is 6.42 Å². The molecule has 0 aromatic carbocycles. The van der Waals surface area contributed by atoms with E-state index >= 15 is 0 Å². The zero-order valence-electron chi connectivity index (χ0n) is 6.08. The molecule has 1 rings (SSSR count). The molecule has 11 heavy (non-hydrogen) atoms. The quantitative estimate of drug-likeness (QED) is 0.684. The molecule has 1 N–H and O–H groups in total. The Morgan fingerprint density at radius 2 is 2.64 bits per heavy atom. The van der Waals surface area contributed by atoms with Crippen molar-refractivity contribution in [2.45, 2.75) is 13.0 Å². The lowest BCUT2D eigenvalue weighted by Crippen LogP contribution is -2.14. The van der Waals surface area contributed by atoms with Crippen molar-refractivity contribution in [1.82, 2.24) is 10.3 Å². The van der Waals surface area contributed by atoms with Gasteiger partial charge in [0.1, 0.15) is 0 Å². The standard InChI is InChI=1S/C7H9N3S/c8-2-1-3-9-4-7-5-11-6-10-7/h5-6,9H,1,3-4H2. The normalized spacial score (nSPS) is 9.36. The van der Waals surface area contributed by atoms with Gasteiger partial charge in [0.2, 0.25) is 0 Å². The summed E-state index contributed by atoms with van der Waals surface area (Å²) in [4.78, 5) is 4.09. The predicted octanol–water partition coefficient (Wildman–Crippen LogP) is 1.15. The molecule has 0 aliphatic carbocycles. The summed E-state index contributed by atoms with van der Waals surface area (Å²) in [5, 5.41) is 13.3. The van der Waals surface area contributed by atoms with Crippen LogP contribution in [0.4, 0.5) is 0 Å². The Morgan fingerprint density at radius 1 is 1.73 bits per heavy atom. The van der Waals surface area contributed by atoms with Gasteiger partial charge in [-0.05, 0) is 0 Å². The number of nitrogens with zero attached hydrogens (tertiary/aromatic N) is 2. The van der Waals surface area contributed by atoms with Gasteiger partial charge < -0.3 is 5.32 Å². The average Bonchev–Trinajstić information content (AvgIpc) is 2.50. The second-order valence-corrected chi connectivity index (χ2v) is 2.78. The highest BCUT2D eigenvalue weighted by atomic mass is 32.1. The molecule has 0 saturated carbocycles. The Kier molecular flexibility index (Phi) is 3.59. The smallest absolute Gasteiger partial charge is 0.0795 e. The molecule has 58 valence electrons. The van der Waals surface area contributed by atoms with E-state index < -0.39 is 0 Å². The van der Waals surface area contributed by atoms with Crippen LogP contribution in [-0.2, 0) is 6.54 Å². The summed E-state index contributed by atoms with van der Waals surface area (Å²) in [6.07, 6.45) is 0.560. The Balaban J connectivity index is 2.10. The summed E-state index contributed by atoms with van der Waals surface area (Å²) < 4.78 is 0. The van der Waals surface area contributed by atoms with E-state index in [4.69, 9.17) is 5.26 Å². The lowest BCUT2D eigenvalue weighted by molar-refractivity contribution is 0.688. The summed E-state index contributed by atoms with van der Waals surface area (Å²) in [7, 11) is 0. The van der Waals surface area contributed by atoms with Crippen LogP contribution >= 0.6 is 11.3 Å². The Labute approximate surface area is 69.7 Å². The molecule has 0 saturated heterocycles. The van der Waals surface area contributed by atoms with Crippen molar-refractivity contribution in [2.24, 2.45) is 0 Å². The first-order valence-electron chi connectivity index (χ1n) is 3.38. The van der Waals surface area contributed by atoms with Gasteiger partial charge >= 0.3 is 0 Å². The minimum absolute atomic E-state index is 0.560. The molecule has 0 bridgehead atoms. The van der Waals surface area contributed by atoms with Crippen molar-refractivity contribution in [3.8, 4) is 6.07 Å². The first-order chi connectivity index (χ1) is 5.43. The zero-order chi connectivity index (χ0) is 7.94. The number of hydrogen-bond acceptors (Lipinski definition) is 4. The summed E-state index contributed by atoms with van der Waals surface area (Å²) in [5.41, 5.74) is 2.86. The van der Waals surface area contributed by atoms with Crippen LogP contribution in [-0.4, -0.2) is 11.5 Å². The fraction of sp³-hybridized carbons (Fsp3) is 0.429. The lowest BCUT2D eigenvalue weighted by atomic mass is 10.4. The van der Waals surface area contributed by atoms with Crippen LogP contribution in [0.1, 0.15) is 12.1 Å². The molecule has 0 radical (unpaired) electrons. The van der Waals surface area contributed by atoms with E-state index in [1.165, 1.54) is 0 Å². The third-order valence-electron chi connectivity index (χ3n) is 1.20. The number of nitriles is 1. The largest absolute Gasteiger partial charge is 0.310 e. The van der Waals surface area contributed by atoms with Crippen LogP contribution in [0, 0.1) is 11.3 Å². The molecule has 4 heteroatoms. The molecule has 1 aromatic heterocycles. The third-order valence-corrected chi connectivity index (χ3v) is 1.84. The minimum Gasteiger partial charge on any atom is -0.310 e. The maximum atomic E-state index is 8.22. The van der Waals surface area contributed by atoms with E-state index in [0.717, 1.165) is 18.8 Å². The number of rotatable bonds is 4. The van der Waals surface area contributed by atoms with Crippen LogP contribution in [0.5, 0.6) is 0 Å². The molecule has 3 nitrogen and oxygen atoms in total. The minimum atomic E-state index is 0.560. The highest BCUT2D eigenvalue weighted by Gasteiger charge is 1.91. The molecule has 0 spiro atoms.